The van der Waals surface area contributed by atoms with Crippen LogP contribution in [0.4, 0.5) is 17.6 Å². The van der Waals surface area contributed by atoms with E-state index in [4.69, 9.17) is 9.84 Å². The summed E-state index contributed by atoms with van der Waals surface area (Å²) in [4.78, 5) is 11.0. The number of alkyl halides is 4. The van der Waals surface area contributed by atoms with E-state index < -0.39 is 24.7 Å². The largest absolute Gasteiger partial charge is 0.490 e. The molecule has 0 unspecified atom stereocenters. The van der Waals surface area contributed by atoms with Crippen molar-refractivity contribution in [1.82, 2.24) is 0 Å². The van der Waals surface area contributed by atoms with E-state index in [1.807, 2.05) is 0 Å². The molecule has 0 spiro atoms. The molecule has 1 N–H and O–H groups in total. The number of halogens is 4. The molecular weight excluding hydrogens is 352 g/mol. The molecule has 1 saturated carbocycles. The first kappa shape index (κ1) is 18.5. The van der Waals surface area contributed by atoms with Crippen molar-refractivity contribution in [3.8, 4) is 5.75 Å². The van der Waals surface area contributed by atoms with Gasteiger partial charge in [-0.3, -0.25) is 0 Å². The molecular formula is C19H18F4O3. The third kappa shape index (κ3) is 3.76. The summed E-state index contributed by atoms with van der Waals surface area (Å²) < 4.78 is 57.6. The number of benzene rings is 2. The SMILES string of the molecule is O=C(O)c1ccc2c(CF)c(O[C@H]3CC[C@@H](C(F)(F)F)CC3)ccc2c1. The zero-order valence-electron chi connectivity index (χ0n) is 13.9. The van der Waals surface area contributed by atoms with Crippen molar-refractivity contribution in [2.75, 3.05) is 0 Å². The fourth-order valence-corrected chi connectivity index (χ4v) is 3.44. The predicted octanol–water partition coefficient (Wildman–Crippen LogP) is 5.51. The van der Waals surface area contributed by atoms with Crippen LogP contribution in [-0.4, -0.2) is 23.4 Å². The van der Waals surface area contributed by atoms with Crippen molar-refractivity contribution in [3.05, 3.63) is 41.5 Å². The van der Waals surface area contributed by atoms with Crippen molar-refractivity contribution in [1.29, 1.82) is 0 Å². The second-order valence-electron chi connectivity index (χ2n) is 6.55. The Morgan fingerprint density at radius 3 is 2.38 bits per heavy atom. The smallest absolute Gasteiger partial charge is 0.391 e. The molecule has 0 saturated heterocycles. The number of carbonyl (C=O) groups is 1. The summed E-state index contributed by atoms with van der Waals surface area (Å²) >= 11 is 0. The lowest BCUT2D eigenvalue weighted by Gasteiger charge is -2.30. The Hall–Kier alpha value is -2.31. The predicted molar refractivity (Wildman–Crippen MR) is 88.1 cm³/mol. The maximum absolute atomic E-state index is 13.6. The van der Waals surface area contributed by atoms with E-state index in [0.29, 0.717) is 16.5 Å². The first-order chi connectivity index (χ1) is 12.3. The molecule has 0 bridgehead atoms. The first-order valence-electron chi connectivity index (χ1n) is 8.38. The van der Waals surface area contributed by atoms with Crippen LogP contribution >= 0.6 is 0 Å². The molecule has 2 aromatic rings. The molecule has 26 heavy (non-hydrogen) atoms. The number of ether oxygens (including phenoxy) is 1. The maximum atomic E-state index is 13.6. The fraction of sp³-hybridized carbons (Fsp3) is 0.421. The van der Waals surface area contributed by atoms with Crippen LogP contribution in [0.3, 0.4) is 0 Å². The van der Waals surface area contributed by atoms with E-state index >= 15 is 0 Å². The van der Waals surface area contributed by atoms with Crippen LogP contribution < -0.4 is 4.74 Å². The number of hydrogen-bond donors (Lipinski definition) is 1. The van der Waals surface area contributed by atoms with Gasteiger partial charge < -0.3 is 9.84 Å². The summed E-state index contributed by atoms with van der Waals surface area (Å²) in [5.74, 6) is -2.07. The number of carboxylic acid groups (broad SMARTS) is 1. The highest BCUT2D eigenvalue weighted by molar-refractivity contribution is 5.96. The molecule has 0 aromatic heterocycles. The number of carboxylic acids is 1. The van der Waals surface area contributed by atoms with Gasteiger partial charge in [-0.15, -0.1) is 0 Å². The summed E-state index contributed by atoms with van der Waals surface area (Å²) in [5, 5.41) is 10.2. The van der Waals surface area contributed by atoms with Gasteiger partial charge in [-0.05, 0) is 54.7 Å². The Morgan fingerprint density at radius 2 is 1.81 bits per heavy atom. The molecule has 3 nitrogen and oxygen atoms in total. The molecule has 2 aromatic carbocycles. The minimum Gasteiger partial charge on any atom is -0.490 e. The van der Waals surface area contributed by atoms with Crippen LogP contribution in [-0.2, 0) is 6.67 Å². The second-order valence-corrected chi connectivity index (χ2v) is 6.55. The Labute approximate surface area is 147 Å². The molecule has 140 valence electrons. The molecule has 1 aliphatic rings. The Balaban J connectivity index is 1.80. The van der Waals surface area contributed by atoms with E-state index in [0.717, 1.165) is 0 Å². The normalized spacial score (nSPS) is 20.9. The van der Waals surface area contributed by atoms with E-state index in [9.17, 15) is 22.4 Å². The molecule has 1 fully saturated rings. The summed E-state index contributed by atoms with van der Waals surface area (Å²) in [7, 11) is 0. The van der Waals surface area contributed by atoms with Crippen LogP contribution in [0, 0.1) is 5.92 Å². The zero-order chi connectivity index (χ0) is 18.9. The highest BCUT2D eigenvalue weighted by Crippen LogP contribution is 2.39. The number of fused-ring (bicyclic) bond motifs is 1. The third-order valence-corrected chi connectivity index (χ3v) is 4.90. The van der Waals surface area contributed by atoms with Gasteiger partial charge in [0.25, 0.3) is 0 Å². The highest BCUT2D eigenvalue weighted by Gasteiger charge is 2.41. The van der Waals surface area contributed by atoms with Crippen LogP contribution in [0.15, 0.2) is 30.3 Å². The van der Waals surface area contributed by atoms with E-state index in [-0.39, 0.29) is 42.9 Å². The Bertz CT molecular complexity index is 808. The summed E-state index contributed by atoms with van der Waals surface area (Å²) in [6.45, 7) is -0.809. The average molecular weight is 370 g/mol. The lowest BCUT2D eigenvalue weighted by atomic mass is 9.87. The van der Waals surface area contributed by atoms with Crippen LogP contribution in [0.2, 0.25) is 0 Å². The summed E-state index contributed by atoms with van der Waals surface area (Å²) in [5.41, 5.74) is 0.388. The zero-order valence-corrected chi connectivity index (χ0v) is 13.9. The summed E-state index contributed by atoms with van der Waals surface area (Å²) in [6, 6.07) is 7.56. The highest BCUT2D eigenvalue weighted by atomic mass is 19.4. The number of aromatic carboxylic acids is 1. The van der Waals surface area contributed by atoms with Crippen LogP contribution in [0.25, 0.3) is 10.8 Å². The van der Waals surface area contributed by atoms with Gasteiger partial charge in [0.15, 0.2) is 0 Å². The van der Waals surface area contributed by atoms with Gasteiger partial charge >= 0.3 is 12.1 Å². The van der Waals surface area contributed by atoms with Crippen molar-refractivity contribution in [3.63, 3.8) is 0 Å². The standard InChI is InChI=1S/C19H18F4O3/c20-10-16-15-7-1-12(18(24)25)9-11(15)2-8-17(16)26-14-5-3-13(4-6-14)19(21,22)23/h1-2,7-9,13-14H,3-6,10H2,(H,24,25)/t13-,14+. The monoisotopic (exact) mass is 370 g/mol. The second kappa shape index (κ2) is 7.13. The lowest BCUT2D eigenvalue weighted by molar-refractivity contribution is -0.185. The molecule has 0 heterocycles. The van der Waals surface area contributed by atoms with Crippen LogP contribution in [0.5, 0.6) is 5.75 Å². The first-order valence-corrected chi connectivity index (χ1v) is 8.38. The van der Waals surface area contributed by atoms with Gasteiger partial charge in [0.05, 0.1) is 17.6 Å². The van der Waals surface area contributed by atoms with Crippen LogP contribution in [0.1, 0.15) is 41.6 Å². The topological polar surface area (TPSA) is 46.5 Å². The van der Waals surface area contributed by atoms with Gasteiger partial charge in [-0.2, -0.15) is 13.2 Å². The Morgan fingerprint density at radius 1 is 1.12 bits per heavy atom. The molecule has 0 aliphatic heterocycles. The maximum Gasteiger partial charge on any atom is 0.391 e. The Kier molecular flexibility index (Phi) is 5.07. The quantitative estimate of drug-likeness (QED) is 0.722. The molecule has 0 atom stereocenters. The molecule has 7 heteroatoms. The number of rotatable bonds is 4. The third-order valence-electron chi connectivity index (χ3n) is 4.90. The minimum absolute atomic E-state index is 0.00861. The minimum atomic E-state index is -4.18. The van der Waals surface area contributed by atoms with Crippen molar-refractivity contribution in [2.45, 2.75) is 44.6 Å². The molecule has 0 radical (unpaired) electrons. The molecule has 3 rings (SSSR count). The fourth-order valence-electron chi connectivity index (χ4n) is 3.44. The average Bonchev–Trinajstić information content (AvgIpc) is 2.60. The van der Waals surface area contributed by atoms with Gasteiger partial charge in [0.1, 0.15) is 12.4 Å². The molecule has 0 amide bonds. The van der Waals surface area contributed by atoms with Crippen molar-refractivity contribution >= 4 is 16.7 Å². The van der Waals surface area contributed by atoms with Gasteiger partial charge in [0.2, 0.25) is 0 Å². The van der Waals surface area contributed by atoms with E-state index in [2.05, 4.69) is 0 Å². The summed E-state index contributed by atoms with van der Waals surface area (Å²) in [6.07, 6.45) is -4.00. The van der Waals surface area contributed by atoms with Gasteiger partial charge in [0, 0.05) is 5.56 Å². The lowest BCUT2D eigenvalue weighted by Crippen LogP contribution is -2.32. The van der Waals surface area contributed by atoms with Crippen molar-refractivity contribution < 1.29 is 32.2 Å². The van der Waals surface area contributed by atoms with Crippen molar-refractivity contribution in [2.24, 2.45) is 5.92 Å². The van der Waals surface area contributed by atoms with Gasteiger partial charge in [-0.1, -0.05) is 12.1 Å². The van der Waals surface area contributed by atoms with E-state index in [1.165, 1.54) is 18.2 Å². The van der Waals surface area contributed by atoms with Gasteiger partial charge in [-0.25, -0.2) is 9.18 Å². The van der Waals surface area contributed by atoms with E-state index in [1.54, 1.807) is 12.1 Å². The molecule has 1 aliphatic carbocycles. The number of hydrogen-bond acceptors (Lipinski definition) is 2.